The molecule has 0 aliphatic rings. The first-order valence-corrected chi connectivity index (χ1v) is 5.83. The van der Waals surface area contributed by atoms with Crippen LogP contribution in [0.3, 0.4) is 0 Å². The molecule has 1 rings (SSSR count). The minimum atomic E-state index is 0.128. The van der Waals surface area contributed by atoms with Crippen molar-refractivity contribution in [2.75, 3.05) is 6.54 Å². The van der Waals surface area contributed by atoms with Crippen LogP contribution in [0, 0.1) is 0 Å². The van der Waals surface area contributed by atoms with Crippen molar-refractivity contribution in [2.24, 2.45) is 0 Å². The maximum absolute atomic E-state index is 5.92. The Morgan fingerprint density at radius 3 is 3.00 bits per heavy atom. The average Bonchev–Trinajstić information content (AvgIpc) is 2.26. The molecule has 0 amide bonds. The lowest BCUT2D eigenvalue weighted by Gasteiger charge is -2.16. The highest BCUT2D eigenvalue weighted by molar-refractivity contribution is 7.80. The van der Waals surface area contributed by atoms with E-state index in [0.717, 1.165) is 10.6 Å². The topological polar surface area (TPSA) is 24.1 Å². The van der Waals surface area contributed by atoms with Crippen molar-refractivity contribution in [3.63, 3.8) is 0 Å². The van der Waals surface area contributed by atoms with Crippen LogP contribution >= 0.6 is 23.8 Å². The summed E-state index contributed by atoms with van der Waals surface area (Å²) < 4.78 is 0. The van der Waals surface area contributed by atoms with E-state index in [4.69, 9.17) is 23.8 Å². The highest BCUT2D eigenvalue weighted by atomic mass is 35.5. The van der Waals surface area contributed by atoms with Gasteiger partial charge in [0.15, 0.2) is 5.11 Å². The molecule has 1 aromatic carbocycles. The second-order valence-electron chi connectivity index (χ2n) is 3.42. The summed E-state index contributed by atoms with van der Waals surface area (Å²) in [5.74, 6) is 0. The summed E-state index contributed by atoms with van der Waals surface area (Å²) in [5.41, 5.74) is 1.11. The van der Waals surface area contributed by atoms with Gasteiger partial charge in [-0.1, -0.05) is 29.8 Å². The van der Waals surface area contributed by atoms with Crippen molar-refractivity contribution in [1.29, 1.82) is 0 Å². The highest BCUT2D eigenvalue weighted by Gasteiger charge is 2.06. The van der Waals surface area contributed by atoms with E-state index in [9.17, 15) is 0 Å². The third-order valence-electron chi connectivity index (χ3n) is 2.10. The van der Waals surface area contributed by atoms with Crippen LogP contribution < -0.4 is 10.6 Å². The normalized spacial score (nSPS) is 11.6. The smallest absolute Gasteiger partial charge is 0.167 e. The van der Waals surface area contributed by atoms with Crippen LogP contribution in [0.4, 0.5) is 0 Å². The summed E-state index contributed by atoms with van der Waals surface area (Å²) in [4.78, 5) is 0. The van der Waals surface area contributed by atoms with Gasteiger partial charge in [-0.2, -0.15) is 0 Å². The number of rotatable bonds is 4. The van der Waals surface area contributed by atoms with Crippen LogP contribution in [0.2, 0.25) is 5.02 Å². The number of nitrogens with one attached hydrogen (secondary N) is 2. The standard InChI is InChI=1S/C12H15ClN2S/c1-3-7-14-12(16)15-9(2)10-5-4-6-11(13)8-10/h3-6,8-9H,1,7H2,2H3,(H2,14,15,16)/t9-/m0/s1. The van der Waals surface area contributed by atoms with E-state index >= 15 is 0 Å². The second kappa shape index (κ2) is 6.51. The Morgan fingerprint density at radius 2 is 2.38 bits per heavy atom. The molecule has 2 nitrogen and oxygen atoms in total. The average molecular weight is 255 g/mol. The largest absolute Gasteiger partial charge is 0.359 e. The Bertz CT molecular complexity index is 379. The zero-order chi connectivity index (χ0) is 12.0. The van der Waals surface area contributed by atoms with Gasteiger partial charge in [0.2, 0.25) is 0 Å². The van der Waals surface area contributed by atoms with E-state index in [0.29, 0.717) is 11.7 Å². The molecule has 0 unspecified atom stereocenters. The molecule has 0 radical (unpaired) electrons. The molecule has 0 fully saturated rings. The second-order valence-corrected chi connectivity index (χ2v) is 4.26. The maximum atomic E-state index is 5.92. The summed E-state index contributed by atoms with van der Waals surface area (Å²) in [5, 5.41) is 7.54. The van der Waals surface area contributed by atoms with Crippen molar-refractivity contribution < 1.29 is 0 Å². The molecule has 0 aliphatic carbocycles. The maximum Gasteiger partial charge on any atom is 0.167 e. The molecule has 0 bridgehead atoms. The van der Waals surface area contributed by atoms with Gasteiger partial charge in [0.25, 0.3) is 0 Å². The fraction of sp³-hybridized carbons (Fsp3) is 0.250. The fourth-order valence-corrected chi connectivity index (χ4v) is 1.73. The van der Waals surface area contributed by atoms with Crippen LogP contribution in [0.25, 0.3) is 0 Å². The molecule has 1 aromatic rings. The summed E-state index contributed by atoms with van der Waals surface area (Å²) in [6, 6.07) is 7.85. The number of hydrogen-bond donors (Lipinski definition) is 2. The Balaban J connectivity index is 2.54. The Hall–Kier alpha value is -1.06. The zero-order valence-electron chi connectivity index (χ0n) is 9.16. The molecule has 4 heteroatoms. The molecular weight excluding hydrogens is 240 g/mol. The minimum absolute atomic E-state index is 0.128. The van der Waals surface area contributed by atoms with Gasteiger partial charge in [-0.05, 0) is 36.8 Å². The van der Waals surface area contributed by atoms with Crippen molar-refractivity contribution in [3.8, 4) is 0 Å². The first kappa shape index (κ1) is 13.0. The summed E-state index contributed by atoms with van der Waals surface area (Å²) in [6.07, 6.45) is 1.76. The van der Waals surface area contributed by atoms with Crippen LogP contribution in [0.5, 0.6) is 0 Å². The van der Waals surface area contributed by atoms with Gasteiger partial charge in [-0.15, -0.1) is 6.58 Å². The van der Waals surface area contributed by atoms with E-state index in [2.05, 4.69) is 17.2 Å². The lowest BCUT2D eigenvalue weighted by Crippen LogP contribution is -2.36. The van der Waals surface area contributed by atoms with E-state index < -0.39 is 0 Å². The summed E-state index contributed by atoms with van der Waals surface area (Å²) in [7, 11) is 0. The molecule has 0 spiro atoms. The quantitative estimate of drug-likeness (QED) is 0.638. The highest BCUT2D eigenvalue weighted by Crippen LogP contribution is 2.16. The van der Waals surface area contributed by atoms with Gasteiger partial charge < -0.3 is 10.6 Å². The fourth-order valence-electron chi connectivity index (χ4n) is 1.27. The van der Waals surface area contributed by atoms with Crippen LogP contribution in [-0.4, -0.2) is 11.7 Å². The molecule has 0 aromatic heterocycles. The van der Waals surface area contributed by atoms with Crippen LogP contribution in [-0.2, 0) is 0 Å². The summed E-state index contributed by atoms with van der Waals surface area (Å²) in [6.45, 7) is 6.31. The minimum Gasteiger partial charge on any atom is -0.359 e. The van der Waals surface area contributed by atoms with Crippen molar-refractivity contribution in [1.82, 2.24) is 10.6 Å². The van der Waals surface area contributed by atoms with E-state index in [1.807, 2.05) is 31.2 Å². The molecule has 2 N–H and O–H groups in total. The predicted octanol–water partition coefficient (Wildman–Crippen LogP) is 3.05. The third kappa shape index (κ3) is 4.21. The SMILES string of the molecule is C=CCNC(=S)N[C@@H](C)c1cccc(Cl)c1. The van der Waals surface area contributed by atoms with Gasteiger partial charge in [0.1, 0.15) is 0 Å². The van der Waals surface area contributed by atoms with Gasteiger partial charge in [0, 0.05) is 11.6 Å². The first-order valence-electron chi connectivity index (χ1n) is 5.04. The molecule has 0 saturated heterocycles. The lowest BCUT2D eigenvalue weighted by molar-refractivity contribution is 0.705. The third-order valence-corrected chi connectivity index (χ3v) is 2.60. The molecule has 86 valence electrons. The zero-order valence-corrected chi connectivity index (χ0v) is 10.7. The van der Waals surface area contributed by atoms with Gasteiger partial charge >= 0.3 is 0 Å². The Morgan fingerprint density at radius 1 is 1.62 bits per heavy atom. The number of benzene rings is 1. The van der Waals surface area contributed by atoms with Gasteiger partial charge in [0.05, 0.1) is 6.04 Å². The summed E-state index contributed by atoms with van der Waals surface area (Å²) >= 11 is 11.0. The molecule has 0 heterocycles. The van der Waals surface area contributed by atoms with Gasteiger partial charge in [-0.3, -0.25) is 0 Å². The predicted molar refractivity (Wildman–Crippen MR) is 73.8 cm³/mol. The molecule has 0 saturated carbocycles. The molecule has 0 aliphatic heterocycles. The van der Waals surface area contributed by atoms with E-state index in [1.165, 1.54) is 0 Å². The lowest BCUT2D eigenvalue weighted by atomic mass is 10.1. The van der Waals surface area contributed by atoms with Crippen molar-refractivity contribution >= 4 is 28.9 Å². The van der Waals surface area contributed by atoms with E-state index in [-0.39, 0.29) is 6.04 Å². The van der Waals surface area contributed by atoms with Crippen molar-refractivity contribution in [3.05, 3.63) is 47.5 Å². The van der Waals surface area contributed by atoms with Crippen LogP contribution in [0.15, 0.2) is 36.9 Å². The molecular formula is C12H15ClN2S. The monoisotopic (exact) mass is 254 g/mol. The molecule has 1 atom stereocenters. The van der Waals surface area contributed by atoms with Crippen LogP contribution in [0.1, 0.15) is 18.5 Å². The van der Waals surface area contributed by atoms with Gasteiger partial charge in [-0.25, -0.2) is 0 Å². The Labute approximate surface area is 107 Å². The number of hydrogen-bond acceptors (Lipinski definition) is 1. The number of thiocarbonyl (C=S) groups is 1. The molecule has 16 heavy (non-hydrogen) atoms. The number of halogens is 1. The van der Waals surface area contributed by atoms with Crippen molar-refractivity contribution in [2.45, 2.75) is 13.0 Å². The first-order chi connectivity index (χ1) is 7.63. The van der Waals surface area contributed by atoms with E-state index in [1.54, 1.807) is 6.08 Å². The Kier molecular flexibility index (Phi) is 5.29.